The van der Waals surface area contributed by atoms with Crippen molar-refractivity contribution in [3.8, 4) is 0 Å². The number of hydrogen-bond donors (Lipinski definition) is 4. The lowest BCUT2D eigenvalue weighted by Crippen LogP contribution is -2.61. The standard InChI is InChI=1S/C26H42N6O6.C4H10.C3H8.C2H6/c1-7-12-31(6)23(36)15(2)28-25(38)30-20(26(3,4)5)24(37)32-13-8-9-18(32)22(35)29-17(14-16-10-11-16)19(33)21(27)34;1-4(2)3;1-3-2;1-2/h7,15-18,20H,1,8-14H2,2-6H3,(H2,27,34)(H,29,35)(H2,28,30,38);4H,1-3H3;3H2,1-2H3;1-2H3/t15?,17?,18-,20?;;;/m0.../s1. The molecule has 1 heterocycles. The number of likely N-dealkylation sites (tertiary alicyclic amines) is 1. The maximum Gasteiger partial charge on any atom is 0.316 e. The average molecular weight is 667 g/mol. The summed E-state index contributed by atoms with van der Waals surface area (Å²) >= 11 is 0. The number of ketones is 1. The van der Waals surface area contributed by atoms with Crippen LogP contribution in [-0.4, -0.2) is 89.5 Å². The number of Topliss-reactive ketones (excluding diaryl/α,β-unsaturated/α-hetero) is 1. The largest absolute Gasteiger partial charge is 0.363 e. The Morgan fingerprint density at radius 1 is 0.957 bits per heavy atom. The zero-order chi connectivity index (χ0) is 37.1. The van der Waals surface area contributed by atoms with Crippen molar-refractivity contribution in [3.05, 3.63) is 12.7 Å². The first-order valence-corrected chi connectivity index (χ1v) is 17.2. The molecule has 0 bridgehead atoms. The molecule has 3 unspecified atom stereocenters. The first-order chi connectivity index (χ1) is 21.8. The number of carbonyl (C=O) groups is 6. The van der Waals surface area contributed by atoms with Gasteiger partial charge >= 0.3 is 6.03 Å². The van der Waals surface area contributed by atoms with Crippen LogP contribution in [0.2, 0.25) is 0 Å². The van der Waals surface area contributed by atoms with E-state index in [0.717, 1.165) is 18.8 Å². The van der Waals surface area contributed by atoms with Gasteiger partial charge in [-0.3, -0.25) is 24.0 Å². The third-order valence-corrected chi connectivity index (χ3v) is 6.87. The summed E-state index contributed by atoms with van der Waals surface area (Å²) in [4.78, 5) is 78.6. The predicted octanol–water partition coefficient (Wildman–Crippen LogP) is 4.17. The topological polar surface area (TPSA) is 171 Å². The molecule has 0 radical (unpaired) electrons. The number of carbonyl (C=O) groups excluding carboxylic acids is 6. The van der Waals surface area contributed by atoms with Gasteiger partial charge in [0.15, 0.2) is 0 Å². The Labute approximate surface area is 284 Å². The summed E-state index contributed by atoms with van der Waals surface area (Å²) in [6, 6.07) is -4.41. The molecule has 0 spiro atoms. The SMILES string of the molecule is C=CCN(C)C(=O)C(C)NC(=O)NC(C(=O)N1CCC[C@H]1C(=O)NC(CC1CC1)C(=O)C(N)=O)C(C)(C)C.CC.CC(C)C.CCC. The highest BCUT2D eigenvalue weighted by Crippen LogP contribution is 2.34. The van der Waals surface area contributed by atoms with E-state index in [-0.39, 0.29) is 11.8 Å². The molecule has 0 aromatic rings. The van der Waals surface area contributed by atoms with Crippen molar-refractivity contribution in [2.75, 3.05) is 20.1 Å². The molecule has 0 aromatic heterocycles. The van der Waals surface area contributed by atoms with Gasteiger partial charge in [0.05, 0.1) is 6.04 Å². The van der Waals surface area contributed by atoms with Crippen LogP contribution >= 0.6 is 0 Å². The third-order valence-electron chi connectivity index (χ3n) is 6.87. The Morgan fingerprint density at radius 3 is 1.89 bits per heavy atom. The van der Waals surface area contributed by atoms with E-state index >= 15 is 0 Å². The highest BCUT2D eigenvalue weighted by molar-refractivity contribution is 6.37. The quantitative estimate of drug-likeness (QED) is 0.180. The minimum Gasteiger partial charge on any atom is -0.363 e. The number of nitrogens with two attached hydrogens (primary N) is 1. The molecule has 4 atom stereocenters. The van der Waals surface area contributed by atoms with Gasteiger partial charge in [-0.2, -0.15) is 0 Å². The Kier molecular flexibility index (Phi) is 22.3. The van der Waals surface area contributed by atoms with E-state index in [1.807, 2.05) is 13.8 Å². The second kappa shape index (κ2) is 23.0. The molecule has 2 aliphatic rings. The summed E-state index contributed by atoms with van der Waals surface area (Å²) in [6.07, 6.45) is 5.93. The molecule has 2 rings (SSSR count). The summed E-state index contributed by atoms with van der Waals surface area (Å²) in [6.45, 7) is 25.8. The van der Waals surface area contributed by atoms with Crippen molar-refractivity contribution in [1.82, 2.24) is 25.8 Å². The number of primary amides is 1. The monoisotopic (exact) mass is 667 g/mol. The van der Waals surface area contributed by atoms with E-state index in [9.17, 15) is 28.8 Å². The number of nitrogens with zero attached hydrogens (tertiary/aromatic N) is 2. The molecule has 5 N–H and O–H groups in total. The van der Waals surface area contributed by atoms with Crippen molar-refractivity contribution >= 4 is 35.4 Å². The summed E-state index contributed by atoms with van der Waals surface area (Å²) < 4.78 is 0. The number of nitrogens with one attached hydrogen (secondary N) is 3. The minimum absolute atomic E-state index is 0.253. The van der Waals surface area contributed by atoms with E-state index in [2.05, 4.69) is 57.1 Å². The van der Waals surface area contributed by atoms with Crippen molar-refractivity contribution < 1.29 is 28.8 Å². The molecule has 6 amide bonds. The van der Waals surface area contributed by atoms with E-state index in [1.54, 1.807) is 40.8 Å². The Balaban J connectivity index is 0. The second-order valence-electron chi connectivity index (χ2n) is 13.7. The molecule has 0 aromatic carbocycles. The van der Waals surface area contributed by atoms with Crippen LogP contribution in [0, 0.1) is 17.3 Å². The molecule has 47 heavy (non-hydrogen) atoms. The summed E-state index contributed by atoms with van der Waals surface area (Å²) in [5, 5.41) is 7.89. The number of likely N-dealkylation sites (N-methyl/N-ethyl adjacent to an activating group) is 1. The zero-order valence-electron chi connectivity index (χ0n) is 31.3. The van der Waals surface area contributed by atoms with Crippen LogP contribution < -0.4 is 21.7 Å². The van der Waals surface area contributed by atoms with Gasteiger partial charge in [0.2, 0.25) is 23.5 Å². The first kappa shape index (κ1) is 45.7. The van der Waals surface area contributed by atoms with Crippen LogP contribution in [0.15, 0.2) is 12.7 Å². The average Bonchev–Trinajstić information content (AvgIpc) is 3.65. The lowest BCUT2D eigenvalue weighted by molar-refractivity contribution is -0.143. The van der Waals surface area contributed by atoms with Gasteiger partial charge in [-0.1, -0.05) is 94.6 Å². The minimum atomic E-state index is -1.11. The summed E-state index contributed by atoms with van der Waals surface area (Å²) in [7, 11) is 1.59. The molecular formula is C35H66N6O6. The molecule has 1 saturated carbocycles. The molecule has 12 heteroatoms. The van der Waals surface area contributed by atoms with Crippen LogP contribution in [0.3, 0.4) is 0 Å². The van der Waals surface area contributed by atoms with Crippen LogP contribution in [0.1, 0.15) is 115 Å². The van der Waals surface area contributed by atoms with Gasteiger partial charge < -0.3 is 31.5 Å². The van der Waals surface area contributed by atoms with Gasteiger partial charge in [0, 0.05) is 20.1 Å². The molecule has 272 valence electrons. The maximum atomic E-state index is 13.6. The predicted molar refractivity (Wildman–Crippen MR) is 188 cm³/mol. The van der Waals surface area contributed by atoms with Crippen LogP contribution in [-0.2, 0) is 24.0 Å². The van der Waals surface area contributed by atoms with E-state index < -0.39 is 59.1 Å². The molecule has 2 fully saturated rings. The fraction of sp³-hybridized carbons (Fsp3) is 0.771. The lowest BCUT2D eigenvalue weighted by atomic mass is 9.85. The van der Waals surface area contributed by atoms with Gasteiger partial charge in [-0.15, -0.1) is 6.58 Å². The van der Waals surface area contributed by atoms with Crippen molar-refractivity contribution in [1.29, 1.82) is 0 Å². The molecule has 1 aliphatic carbocycles. The molecular weight excluding hydrogens is 600 g/mol. The normalized spacial score (nSPS) is 17.0. The first-order valence-electron chi connectivity index (χ1n) is 17.2. The zero-order valence-corrected chi connectivity index (χ0v) is 31.3. The Hall–Kier alpha value is -3.44. The number of urea groups is 1. The van der Waals surface area contributed by atoms with Crippen LogP contribution in [0.25, 0.3) is 0 Å². The Morgan fingerprint density at radius 2 is 1.47 bits per heavy atom. The number of hydrogen-bond acceptors (Lipinski definition) is 6. The van der Waals surface area contributed by atoms with Crippen molar-refractivity contribution in [2.45, 2.75) is 139 Å². The van der Waals surface area contributed by atoms with Gasteiger partial charge in [0.1, 0.15) is 18.1 Å². The van der Waals surface area contributed by atoms with Gasteiger partial charge in [0.25, 0.3) is 5.91 Å². The van der Waals surface area contributed by atoms with Gasteiger partial charge in [-0.25, -0.2) is 4.79 Å². The number of amides is 6. The lowest BCUT2D eigenvalue weighted by Gasteiger charge is -2.36. The number of rotatable bonds is 12. The maximum absolute atomic E-state index is 13.6. The fourth-order valence-corrected chi connectivity index (χ4v) is 4.52. The smallest absolute Gasteiger partial charge is 0.316 e. The van der Waals surface area contributed by atoms with Crippen LogP contribution in [0.5, 0.6) is 0 Å². The highest BCUT2D eigenvalue weighted by atomic mass is 16.2. The summed E-state index contributed by atoms with van der Waals surface area (Å²) in [5.74, 6) is -2.17. The van der Waals surface area contributed by atoms with Gasteiger partial charge in [-0.05, 0) is 43.4 Å². The fourth-order valence-electron chi connectivity index (χ4n) is 4.52. The van der Waals surface area contributed by atoms with Crippen molar-refractivity contribution in [3.63, 3.8) is 0 Å². The van der Waals surface area contributed by atoms with Crippen molar-refractivity contribution in [2.24, 2.45) is 23.0 Å². The second-order valence-corrected chi connectivity index (χ2v) is 13.7. The molecule has 1 saturated heterocycles. The van der Waals surface area contributed by atoms with Crippen LogP contribution in [0.4, 0.5) is 4.79 Å². The third kappa shape index (κ3) is 17.9. The highest BCUT2D eigenvalue weighted by Gasteiger charge is 2.43. The Bertz CT molecular complexity index is 1020. The van der Waals surface area contributed by atoms with E-state index in [4.69, 9.17) is 5.73 Å². The molecule has 1 aliphatic heterocycles. The van der Waals surface area contributed by atoms with E-state index in [0.29, 0.717) is 32.4 Å². The van der Waals surface area contributed by atoms with E-state index in [1.165, 1.54) is 16.2 Å². The molecule has 12 nitrogen and oxygen atoms in total. The summed E-state index contributed by atoms with van der Waals surface area (Å²) in [5.41, 5.74) is 4.46.